The molecule has 19 heavy (non-hydrogen) atoms. The number of para-hydroxylation sites is 1. The third-order valence-electron chi connectivity index (χ3n) is 2.71. The monoisotopic (exact) mass is 256 g/mol. The Kier molecular flexibility index (Phi) is 4.11. The molecule has 2 aromatic rings. The normalized spacial score (nSPS) is 11.6. The number of halogens is 1. The number of hydrogen-bond acceptors (Lipinski definition) is 3. The van der Waals surface area contributed by atoms with E-state index < -0.39 is 6.10 Å². The molecule has 0 heterocycles. The second-order valence-corrected chi connectivity index (χ2v) is 4.01. The molecule has 0 fully saturated rings. The molecule has 0 aliphatic carbocycles. The van der Waals surface area contributed by atoms with Crippen molar-refractivity contribution >= 4 is 0 Å². The first-order valence-corrected chi connectivity index (χ1v) is 5.86. The Morgan fingerprint density at radius 3 is 2.68 bits per heavy atom. The molecule has 4 heteroatoms. The van der Waals surface area contributed by atoms with Gasteiger partial charge in [-0.15, -0.1) is 0 Å². The lowest BCUT2D eigenvalue weighted by atomic mass is 10.1. The quantitative estimate of drug-likeness (QED) is 0.915. The average Bonchev–Trinajstić information content (AvgIpc) is 2.45. The van der Waals surface area contributed by atoms with E-state index in [2.05, 4.69) is 0 Å². The summed E-state index contributed by atoms with van der Waals surface area (Å²) in [5, 5.41) is 9.00. The summed E-state index contributed by atoms with van der Waals surface area (Å²) < 4.78 is 18.9. The number of benzene rings is 2. The van der Waals surface area contributed by atoms with Crippen LogP contribution in [-0.2, 0) is 0 Å². The first kappa shape index (κ1) is 13.1. The van der Waals surface area contributed by atoms with Gasteiger partial charge in [-0.3, -0.25) is 0 Å². The van der Waals surface area contributed by atoms with Crippen molar-refractivity contribution < 1.29 is 9.13 Å². The summed E-state index contributed by atoms with van der Waals surface area (Å²) in [7, 11) is 0. The summed E-state index contributed by atoms with van der Waals surface area (Å²) >= 11 is 0. The zero-order valence-corrected chi connectivity index (χ0v) is 10.2. The number of hydrogen-bond donors (Lipinski definition) is 1. The number of nitriles is 1. The Labute approximate surface area is 111 Å². The van der Waals surface area contributed by atoms with Crippen LogP contribution in [0.5, 0.6) is 5.75 Å². The van der Waals surface area contributed by atoms with E-state index in [1.807, 2.05) is 6.07 Å². The highest BCUT2D eigenvalue weighted by molar-refractivity contribution is 5.43. The molecule has 0 saturated carbocycles. The largest absolute Gasteiger partial charge is 0.483 e. The molecule has 0 aromatic heterocycles. The van der Waals surface area contributed by atoms with Crippen LogP contribution in [-0.4, -0.2) is 6.54 Å². The molecule has 0 bridgehead atoms. The van der Waals surface area contributed by atoms with E-state index in [0.29, 0.717) is 16.9 Å². The van der Waals surface area contributed by atoms with E-state index in [-0.39, 0.29) is 12.4 Å². The molecule has 0 saturated heterocycles. The second-order valence-electron chi connectivity index (χ2n) is 4.01. The van der Waals surface area contributed by atoms with Crippen molar-refractivity contribution in [1.29, 1.82) is 5.26 Å². The maximum Gasteiger partial charge on any atom is 0.138 e. The van der Waals surface area contributed by atoms with Crippen LogP contribution >= 0.6 is 0 Å². The number of ether oxygens (including phenoxy) is 1. The summed E-state index contributed by atoms with van der Waals surface area (Å²) in [6.45, 7) is 0.198. The zero-order valence-electron chi connectivity index (χ0n) is 10.2. The Morgan fingerprint density at radius 1 is 1.21 bits per heavy atom. The zero-order chi connectivity index (χ0) is 13.7. The van der Waals surface area contributed by atoms with Gasteiger partial charge in [0.15, 0.2) is 0 Å². The van der Waals surface area contributed by atoms with Gasteiger partial charge in [-0.25, -0.2) is 4.39 Å². The molecule has 3 nitrogen and oxygen atoms in total. The van der Waals surface area contributed by atoms with Crippen LogP contribution in [0.1, 0.15) is 17.2 Å². The summed E-state index contributed by atoms with van der Waals surface area (Å²) in [6.07, 6.45) is -0.481. The third-order valence-corrected chi connectivity index (χ3v) is 2.71. The van der Waals surface area contributed by atoms with Crippen molar-refractivity contribution in [3.63, 3.8) is 0 Å². The van der Waals surface area contributed by atoms with Gasteiger partial charge in [-0.1, -0.05) is 24.3 Å². The molecule has 0 aliphatic heterocycles. The minimum Gasteiger partial charge on any atom is -0.483 e. The minimum absolute atomic E-state index is 0.198. The molecule has 2 rings (SSSR count). The molecule has 2 N–H and O–H groups in total. The van der Waals surface area contributed by atoms with E-state index in [0.717, 1.165) is 0 Å². The van der Waals surface area contributed by atoms with E-state index >= 15 is 0 Å². The maximum atomic E-state index is 13.2. The van der Waals surface area contributed by atoms with Gasteiger partial charge in [0.2, 0.25) is 0 Å². The third kappa shape index (κ3) is 3.09. The van der Waals surface area contributed by atoms with Gasteiger partial charge in [0, 0.05) is 6.54 Å². The standard InChI is InChI=1S/C15H13FN2O/c16-13-6-3-5-11(8-13)15(10-18)19-14-7-2-1-4-12(14)9-17/h1-8,15H,10,18H2. The molecular formula is C15H13FN2O. The van der Waals surface area contributed by atoms with Gasteiger partial charge in [0.1, 0.15) is 23.7 Å². The molecule has 2 aromatic carbocycles. The Bertz CT molecular complexity index is 607. The molecule has 0 radical (unpaired) electrons. The van der Waals surface area contributed by atoms with Crippen molar-refractivity contribution in [3.05, 3.63) is 65.5 Å². The van der Waals surface area contributed by atoms with Crippen LogP contribution < -0.4 is 10.5 Å². The fourth-order valence-electron chi connectivity index (χ4n) is 1.77. The van der Waals surface area contributed by atoms with Gasteiger partial charge in [0.25, 0.3) is 0 Å². The Hall–Kier alpha value is -2.38. The molecule has 0 aliphatic rings. The average molecular weight is 256 g/mol. The van der Waals surface area contributed by atoms with Crippen LogP contribution in [0.4, 0.5) is 4.39 Å². The molecule has 96 valence electrons. The summed E-state index contributed by atoms with van der Waals surface area (Å²) in [5.74, 6) is 0.109. The van der Waals surface area contributed by atoms with Crippen LogP contribution in [0.25, 0.3) is 0 Å². The van der Waals surface area contributed by atoms with Gasteiger partial charge in [-0.05, 0) is 29.8 Å². The van der Waals surface area contributed by atoms with Gasteiger partial charge >= 0.3 is 0 Å². The lowest BCUT2D eigenvalue weighted by Crippen LogP contribution is -2.19. The highest BCUT2D eigenvalue weighted by atomic mass is 19.1. The summed E-state index contributed by atoms with van der Waals surface area (Å²) in [4.78, 5) is 0. The highest BCUT2D eigenvalue weighted by Gasteiger charge is 2.14. The second kappa shape index (κ2) is 5.98. The van der Waals surface area contributed by atoms with Crippen LogP contribution in [0.3, 0.4) is 0 Å². The van der Waals surface area contributed by atoms with Crippen LogP contribution in [0.2, 0.25) is 0 Å². The SMILES string of the molecule is N#Cc1ccccc1OC(CN)c1cccc(F)c1. The molecule has 0 amide bonds. The van der Waals surface area contributed by atoms with Crippen LogP contribution in [0, 0.1) is 17.1 Å². The lowest BCUT2D eigenvalue weighted by Gasteiger charge is -2.18. The Morgan fingerprint density at radius 2 is 2.00 bits per heavy atom. The number of rotatable bonds is 4. The topological polar surface area (TPSA) is 59.0 Å². The number of nitrogens with two attached hydrogens (primary N) is 1. The molecule has 1 atom stereocenters. The van der Waals surface area contributed by atoms with E-state index in [1.54, 1.807) is 36.4 Å². The van der Waals surface area contributed by atoms with E-state index in [1.165, 1.54) is 12.1 Å². The van der Waals surface area contributed by atoms with Gasteiger partial charge in [-0.2, -0.15) is 5.26 Å². The van der Waals surface area contributed by atoms with E-state index in [4.69, 9.17) is 15.7 Å². The van der Waals surface area contributed by atoms with Crippen molar-refractivity contribution in [3.8, 4) is 11.8 Å². The van der Waals surface area contributed by atoms with Crippen molar-refractivity contribution in [2.24, 2.45) is 5.73 Å². The Balaban J connectivity index is 2.27. The molecular weight excluding hydrogens is 243 g/mol. The smallest absolute Gasteiger partial charge is 0.138 e. The molecule has 1 unspecified atom stereocenters. The van der Waals surface area contributed by atoms with E-state index in [9.17, 15) is 4.39 Å². The maximum absolute atomic E-state index is 13.2. The fourth-order valence-corrected chi connectivity index (χ4v) is 1.77. The first-order valence-electron chi connectivity index (χ1n) is 5.86. The highest BCUT2D eigenvalue weighted by Crippen LogP contribution is 2.24. The van der Waals surface area contributed by atoms with Crippen molar-refractivity contribution in [1.82, 2.24) is 0 Å². The number of nitrogens with zero attached hydrogens (tertiary/aromatic N) is 1. The predicted molar refractivity (Wildman–Crippen MR) is 70.0 cm³/mol. The minimum atomic E-state index is -0.481. The predicted octanol–water partition coefficient (Wildman–Crippen LogP) is 2.78. The van der Waals surface area contributed by atoms with Crippen molar-refractivity contribution in [2.75, 3.05) is 6.54 Å². The van der Waals surface area contributed by atoms with Crippen molar-refractivity contribution in [2.45, 2.75) is 6.10 Å². The first-order chi connectivity index (χ1) is 9.24. The summed E-state index contributed by atoms with van der Waals surface area (Å²) in [6, 6.07) is 15.0. The fraction of sp³-hybridized carbons (Fsp3) is 0.133. The lowest BCUT2D eigenvalue weighted by molar-refractivity contribution is 0.213. The molecule has 0 spiro atoms. The van der Waals surface area contributed by atoms with Gasteiger partial charge in [0.05, 0.1) is 5.56 Å². The van der Waals surface area contributed by atoms with Crippen LogP contribution in [0.15, 0.2) is 48.5 Å². The van der Waals surface area contributed by atoms with Gasteiger partial charge < -0.3 is 10.5 Å². The summed E-state index contributed by atoms with van der Waals surface area (Å²) in [5.41, 5.74) is 6.74.